The molecule has 1 heterocycles. The largest absolute Gasteiger partial charge is 0.481 e. The number of carboxylic acids is 1. The number of carbonyl (C=O) groups is 1. The molecule has 5 rings (SSSR count). The van der Waals surface area contributed by atoms with E-state index in [1.54, 1.807) is 0 Å². The van der Waals surface area contributed by atoms with E-state index in [9.17, 15) is 4.79 Å². The molecule has 106 valence electrons. The molecule has 1 aliphatic heterocycles. The zero-order valence-corrected chi connectivity index (χ0v) is 11.6. The average Bonchev–Trinajstić information content (AvgIpc) is 2.75. The smallest absolute Gasteiger partial charge is 0.304 e. The molecule has 4 bridgehead atoms. The highest BCUT2D eigenvalue weighted by Gasteiger charge is 2.51. The van der Waals surface area contributed by atoms with Gasteiger partial charge >= 0.3 is 5.97 Å². The second-order valence-corrected chi connectivity index (χ2v) is 7.55. The van der Waals surface area contributed by atoms with E-state index in [0.717, 1.165) is 42.7 Å². The zero-order chi connectivity index (χ0) is 13.0. The van der Waals surface area contributed by atoms with Crippen molar-refractivity contribution >= 4 is 5.97 Å². The molecule has 0 aromatic heterocycles. The molecule has 19 heavy (non-hydrogen) atoms. The molecule has 3 heteroatoms. The molecule has 0 radical (unpaired) electrons. The van der Waals surface area contributed by atoms with Crippen LogP contribution in [0.15, 0.2) is 0 Å². The van der Waals surface area contributed by atoms with Crippen LogP contribution in [0.2, 0.25) is 0 Å². The third-order valence-electron chi connectivity index (χ3n) is 6.39. The van der Waals surface area contributed by atoms with Crippen LogP contribution < -0.4 is 0 Å². The van der Waals surface area contributed by atoms with Gasteiger partial charge < -0.3 is 5.11 Å². The molecule has 1 saturated heterocycles. The number of hydrogen-bond donors (Lipinski definition) is 1. The van der Waals surface area contributed by atoms with E-state index in [2.05, 4.69) is 4.90 Å². The molecule has 0 aromatic rings. The first-order valence-corrected chi connectivity index (χ1v) is 8.18. The van der Waals surface area contributed by atoms with Gasteiger partial charge in [-0.05, 0) is 75.2 Å². The number of rotatable bonds is 3. The lowest BCUT2D eigenvalue weighted by Gasteiger charge is -2.57. The summed E-state index contributed by atoms with van der Waals surface area (Å²) in [6.45, 7) is 1.16. The number of nitrogens with zero attached hydrogens (tertiary/aromatic N) is 1. The van der Waals surface area contributed by atoms with Crippen LogP contribution in [-0.4, -0.2) is 34.6 Å². The van der Waals surface area contributed by atoms with Crippen molar-refractivity contribution in [1.29, 1.82) is 0 Å². The molecular formula is C16H25NO2. The number of likely N-dealkylation sites (tertiary alicyclic amines) is 1. The fraction of sp³-hybridized carbons (Fsp3) is 0.938. The first kappa shape index (κ1) is 12.2. The maximum Gasteiger partial charge on any atom is 0.304 e. The van der Waals surface area contributed by atoms with Gasteiger partial charge in [-0.3, -0.25) is 9.69 Å². The van der Waals surface area contributed by atoms with Crippen molar-refractivity contribution in [3.8, 4) is 0 Å². The van der Waals surface area contributed by atoms with Crippen molar-refractivity contribution in [2.75, 3.05) is 6.54 Å². The van der Waals surface area contributed by atoms with Gasteiger partial charge in [-0.1, -0.05) is 0 Å². The minimum absolute atomic E-state index is 0.333. The van der Waals surface area contributed by atoms with E-state index >= 15 is 0 Å². The summed E-state index contributed by atoms with van der Waals surface area (Å²) in [5.74, 6) is 3.20. The van der Waals surface area contributed by atoms with Crippen LogP contribution in [-0.2, 0) is 4.79 Å². The van der Waals surface area contributed by atoms with E-state index in [1.807, 2.05) is 0 Å². The summed E-state index contributed by atoms with van der Waals surface area (Å²) in [5.41, 5.74) is 0. The molecule has 1 N–H and O–H groups in total. The van der Waals surface area contributed by atoms with Gasteiger partial charge in [0.15, 0.2) is 0 Å². The second kappa shape index (κ2) is 4.47. The lowest BCUT2D eigenvalue weighted by Crippen LogP contribution is -2.57. The summed E-state index contributed by atoms with van der Waals surface area (Å²) in [4.78, 5) is 13.7. The first-order chi connectivity index (χ1) is 9.20. The molecule has 4 saturated carbocycles. The van der Waals surface area contributed by atoms with Crippen molar-refractivity contribution in [3.05, 3.63) is 0 Å². The van der Waals surface area contributed by atoms with Crippen LogP contribution in [0.4, 0.5) is 0 Å². The molecule has 3 nitrogen and oxygen atoms in total. The third-order valence-corrected chi connectivity index (χ3v) is 6.39. The maximum absolute atomic E-state index is 11.1. The Bertz CT molecular complexity index is 353. The lowest BCUT2D eigenvalue weighted by atomic mass is 9.54. The number of carboxylic acid groups (broad SMARTS) is 1. The van der Waals surface area contributed by atoms with Crippen molar-refractivity contribution < 1.29 is 9.90 Å². The zero-order valence-electron chi connectivity index (χ0n) is 11.6. The summed E-state index contributed by atoms with van der Waals surface area (Å²) >= 11 is 0. The van der Waals surface area contributed by atoms with Crippen LogP contribution >= 0.6 is 0 Å². The Morgan fingerprint density at radius 1 is 1.05 bits per heavy atom. The average molecular weight is 263 g/mol. The van der Waals surface area contributed by atoms with E-state index < -0.39 is 5.97 Å². The molecule has 0 amide bonds. The quantitative estimate of drug-likeness (QED) is 0.851. The van der Waals surface area contributed by atoms with Gasteiger partial charge in [0, 0.05) is 12.1 Å². The minimum Gasteiger partial charge on any atom is -0.481 e. The predicted molar refractivity (Wildman–Crippen MR) is 72.8 cm³/mol. The Kier molecular flexibility index (Phi) is 2.87. The van der Waals surface area contributed by atoms with E-state index in [4.69, 9.17) is 5.11 Å². The summed E-state index contributed by atoms with van der Waals surface area (Å²) in [7, 11) is 0. The summed E-state index contributed by atoms with van der Waals surface area (Å²) in [5, 5.41) is 9.12. The summed E-state index contributed by atoms with van der Waals surface area (Å²) in [6.07, 6.45) is 9.93. The predicted octanol–water partition coefficient (Wildman–Crippen LogP) is 2.75. The van der Waals surface area contributed by atoms with Crippen LogP contribution in [0.1, 0.15) is 51.4 Å². The molecule has 0 spiro atoms. The van der Waals surface area contributed by atoms with Crippen LogP contribution in [0.3, 0.4) is 0 Å². The van der Waals surface area contributed by atoms with Crippen molar-refractivity contribution in [2.24, 2.45) is 23.7 Å². The molecule has 5 aliphatic rings. The van der Waals surface area contributed by atoms with Crippen LogP contribution in [0.5, 0.6) is 0 Å². The van der Waals surface area contributed by atoms with E-state index in [-0.39, 0.29) is 0 Å². The summed E-state index contributed by atoms with van der Waals surface area (Å²) in [6, 6.07) is 1.07. The van der Waals surface area contributed by atoms with Gasteiger partial charge in [0.25, 0.3) is 0 Å². The second-order valence-electron chi connectivity index (χ2n) is 7.55. The molecule has 4 aliphatic carbocycles. The van der Waals surface area contributed by atoms with Crippen molar-refractivity contribution in [1.82, 2.24) is 4.90 Å². The van der Waals surface area contributed by atoms with Gasteiger partial charge in [0.05, 0.1) is 6.42 Å². The normalized spacial score (nSPS) is 48.8. The number of hydrogen-bond acceptors (Lipinski definition) is 2. The van der Waals surface area contributed by atoms with E-state index in [1.165, 1.54) is 38.5 Å². The fourth-order valence-corrected chi connectivity index (χ4v) is 6.11. The Balaban J connectivity index is 1.53. The lowest BCUT2D eigenvalue weighted by molar-refractivity contribution is -0.139. The first-order valence-electron chi connectivity index (χ1n) is 8.18. The van der Waals surface area contributed by atoms with E-state index in [0.29, 0.717) is 12.5 Å². The van der Waals surface area contributed by atoms with Gasteiger partial charge in [-0.15, -0.1) is 0 Å². The molecule has 5 fully saturated rings. The highest BCUT2D eigenvalue weighted by molar-refractivity contribution is 5.67. The maximum atomic E-state index is 11.1. The van der Waals surface area contributed by atoms with Crippen molar-refractivity contribution in [2.45, 2.75) is 63.5 Å². The van der Waals surface area contributed by atoms with Crippen molar-refractivity contribution in [3.63, 3.8) is 0 Å². The monoisotopic (exact) mass is 263 g/mol. The Morgan fingerprint density at radius 2 is 1.68 bits per heavy atom. The van der Waals surface area contributed by atoms with Gasteiger partial charge in [-0.25, -0.2) is 0 Å². The van der Waals surface area contributed by atoms with Gasteiger partial charge in [0.1, 0.15) is 0 Å². The summed E-state index contributed by atoms with van der Waals surface area (Å²) < 4.78 is 0. The Labute approximate surface area is 115 Å². The molecule has 1 atom stereocenters. The van der Waals surface area contributed by atoms with Gasteiger partial charge in [-0.2, -0.15) is 0 Å². The highest BCUT2D eigenvalue weighted by Crippen LogP contribution is 2.56. The molecular weight excluding hydrogens is 238 g/mol. The van der Waals surface area contributed by atoms with Crippen LogP contribution in [0.25, 0.3) is 0 Å². The Hall–Kier alpha value is -0.570. The van der Waals surface area contributed by atoms with Crippen LogP contribution in [0, 0.1) is 23.7 Å². The standard InChI is InChI=1S/C16H25NO2/c18-15(19)9-14-2-1-3-17(14)16-12-5-10-4-11(7-12)8-13(16)6-10/h10-14,16H,1-9H2,(H,18,19). The number of aliphatic carboxylic acids is 1. The Morgan fingerprint density at radius 3 is 2.26 bits per heavy atom. The molecule has 1 unspecified atom stereocenters. The fourth-order valence-electron chi connectivity index (χ4n) is 6.11. The minimum atomic E-state index is -0.610. The highest BCUT2D eigenvalue weighted by atomic mass is 16.4. The van der Waals surface area contributed by atoms with Gasteiger partial charge in [0.2, 0.25) is 0 Å². The SMILES string of the molecule is O=C(O)CC1CCCN1C1C2CC3CC(C2)CC1C3. The molecule has 0 aromatic carbocycles. The topological polar surface area (TPSA) is 40.5 Å². The third kappa shape index (κ3) is 2.01.